The molecule has 0 aliphatic carbocycles. The molecular formula is C13H15BrN4O2. The summed E-state index contributed by atoms with van der Waals surface area (Å²) in [4.78, 5) is 16.0. The third-order valence-corrected chi connectivity index (χ3v) is 2.88. The molecular weight excluding hydrogens is 324 g/mol. The largest absolute Gasteiger partial charge is 0.490 e. The van der Waals surface area contributed by atoms with Gasteiger partial charge in [0.15, 0.2) is 0 Å². The van der Waals surface area contributed by atoms with Gasteiger partial charge < -0.3 is 10.5 Å². The summed E-state index contributed by atoms with van der Waals surface area (Å²) in [6.45, 7) is 2.54. The number of hydrogen-bond acceptors (Lipinski definition) is 5. The molecule has 0 aliphatic rings. The molecule has 20 heavy (non-hydrogen) atoms. The van der Waals surface area contributed by atoms with Gasteiger partial charge in [-0.2, -0.15) is 5.10 Å². The van der Waals surface area contributed by atoms with Gasteiger partial charge in [0.2, 0.25) is 0 Å². The van der Waals surface area contributed by atoms with Gasteiger partial charge in [-0.25, -0.2) is 4.68 Å². The lowest BCUT2D eigenvalue weighted by atomic mass is 10.3. The fourth-order valence-corrected chi connectivity index (χ4v) is 1.97. The van der Waals surface area contributed by atoms with Crippen molar-refractivity contribution in [3.63, 3.8) is 0 Å². The molecule has 0 aliphatic heterocycles. The molecule has 2 aromatic rings. The summed E-state index contributed by atoms with van der Waals surface area (Å²) < 4.78 is 7.56. The Kier molecular flexibility index (Phi) is 4.86. The molecule has 1 unspecified atom stereocenters. The highest BCUT2D eigenvalue weighted by atomic mass is 79.9. The zero-order valence-corrected chi connectivity index (χ0v) is 12.6. The highest BCUT2D eigenvalue weighted by Gasteiger charge is 2.04. The fourth-order valence-electron chi connectivity index (χ4n) is 1.56. The zero-order chi connectivity index (χ0) is 14.5. The molecule has 6 nitrogen and oxygen atoms in total. The topological polar surface area (TPSA) is 83.0 Å². The predicted molar refractivity (Wildman–Crippen MR) is 78.7 cm³/mol. The smallest absolute Gasteiger partial charge is 0.270 e. The van der Waals surface area contributed by atoms with E-state index in [0.29, 0.717) is 18.9 Å². The lowest BCUT2D eigenvalue weighted by molar-refractivity contribution is 0.293. The quantitative estimate of drug-likeness (QED) is 0.884. The van der Waals surface area contributed by atoms with Crippen molar-refractivity contribution >= 4 is 15.9 Å². The molecule has 0 saturated heterocycles. The maximum Gasteiger partial charge on any atom is 0.270 e. The standard InChI is InChI=1S/C13H15BrN4O2/c1-9(15)8-20-12-3-13(19)18(17-6-12)7-10-2-11(14)5-16-4-10/h2-6,9H,7-8,15H2,1H3. The van der Waals surface area contributed by atoms with Crippen molar-refractivity contribution in [2.75, 3.05) is 6.61 Å². The Hall–Kier alpha value is -1.73. The maximum absolute atomic E-state index is 11.9. The van der Waals surface area contributed by atoms with Crippen LogP contribution in [-0.4, -0.2) is 27.4 Å². The van der Waals surface area contributed by atoms with E-state index in [4.69, 9.17) is 10.5 Å². The Balaban J connectivity index is 2.12. The van der Waals surface area contributed by atoms with Crippen molar-refractivity contribution in [2.24, 2.45) is 5.73 Å². The molecule has 106 valence electrons. The van der Waals surface area contributed by atoms with Crippen LogP contribution >= 0.6 is 15.9 Å². The van der Waals surface area contributed by atoms with Gasteiger partial charge in [-0.1, -0.05) is 0 Å². The first kappa shape index (κ1) is 14.7. The van der Waals surface area contributed by atoms with E-state index in [9.17, 15) is 4.79 Å². The first-order valence-corrected chi connectivity index (χ1v) is 6.89. The van der Waals surface area contributed by atoms with Gasteiger partial charge in [0, 0.05) is 29.0 Å². The minimum absolute atomic E-state index is 0.0924. The first-order valence-electron chi connectivity index (χ1n) is 6.09. The highest BCUT2D eigenvalue weighted by molar-refractivity contribution is 9.10. The van der Waals surface area contributed by atoms with Crippen LogP contribution in [0.4, 0.5) is 0 Å². The fraction of sp³-hybridized carbons (Fsp3) is 0.308. The van der Waals surface area contributed by atoms with E-state index in [0.717, 1.165) is 10.0 Å². The summed E-state index contributed by atoms with van der Waals surface area (Å²) >= 11 is 3.34. The van der Waals surface area contributed by atoms with Gasteiger partial charge in [-0.15, -0.1) is 0 Å². The molecule has 0 spiro atoms. The number of rotatable bonds is 5. The van der Waals surface area contributed by atoms with E-state index in [1.54, 1.807) is 12.4 Å². The molecule has 0 amide bonds. The number of nitrogens with two attached hydrogens (primary N) is 1. The Morgan fingerprint density at radius 3 is 2.85 bits per heavy atom. The van der Waals surface area contributed by atoms with Crippen LogP contribution in [0.15, 0.2) is 40.0 Å². The Labute approximate surface area is 124 Å². The first-order chi connectivity index (χ1) is 9.54. The molecule has 0 radical (unpaired) electrons. The van der Waals surface area contributed by atoms with Gasteiger partial charge in [0.1, 0.15) is 12.4 Å². The molecule has 2 rings (SSSR count). The third kappa shape index (κ3) is 4.14. The van der Waals surface area contributed by atoms with Crippen LogP contribution < -0.4 is 16.0 Å². The second-order valence-corrected chi connectivity index (χ2v) is 5.40. The van der Waals surface area contributed by atoms with Crippen LogP contribution in [0.2, 0.25) is 0 Å². The molecule has 0 bridgehead atoms. The van der Waals surface area contributed by atoms with Crippen molar-refractivity contribution in [2.45, 2.75) is 19.5 Å². The lowest BCUT2D eigenvalue weighted by Crippen LogP contribution is -2.26. The number of halogens is 1. The summed E-state index contributed by atoms with van der Waals surface area (Å²) in [5.74, 6) is 0.427. The van der Waals surface area contributed by atoms with Gasteiger partial charge in [0.25, 0.3) is 5.56 Å². The van der Waals surface area contributed by atoms with Crippen LogP contribution in [0.5, 0.6) is 5.75 Å². The summed E-state index contributed by atoms with van der Waals surface area (Å²) in [7, 11) is 0. The van der Waals surface area contributed by atoms with Crippen molar-refractivity contribution in [3.05, 3.63) is 51.1 Å². The Morgan fingerprint density at radius 1 is 1.40 bits per heavy atom. The van der Waals surface area contributed by atoms with Crippen LogP contribution in [-0.2, 0) is 6.54 Å². The van der Waals surface area contributed by atoms with Gasteiger partial charge >= 0.3 is 0 Å². The van der Waals surface area contributed by atoms with Crippen molar-refractivity contribution in [1.29, 1.82) is 0 Å². The van der Waals surface area contributed by atoms with Crippen molar-refractivity contribution < 1.29 is 4.74 Å². The molecule has 7 heteroatoms. The molecule has 0 saturated carbocycles. The number of hydrogen-bond donors (Lipinski definition) is 1. The molecule has 0 aromatic carbocycles. The lowest BCUT2D eigenvalue weighted by Gasteiger charge is -2.09. The van der Waals surface area contributed by atoms with Crippen LogP contribution in [0.1, 0.15) is 12.5 Å². The van der Waals surface area contributed by atoms with Crippen LogP contribution in [0.3, 0.4) is 0 Å². The number of aromatic nitrogens is 3. The van der Waals surface area contributed by atoms with Crippen LogP contribution in [0, 0.1) is 0 Å². The minimum Gasteiger partial charge on any atom is -0.490 e. The highest BCUT2D eigenvalue weighted by Crippen LogP contribution is 2.10. The average Bonchev–Trinajstić information content (AvgIpc) is 2.39. The predicted octanol–water partition coefficient (Wildman–Crippen LogP) is 1.18. The SMILES string of the molecule is CC(N)COc1cnn(Cc2cncc(Br)c2)c(=O)c1. The second kappa shape index (κ2) is 6.62. The second-order valence-electron chi connectivity index (χ2n) is 4.49. The van der Waals surface area contributed by atoms with E-state index in [2.05, 4.69) is 26.0 Å². The van der Waals surface area contributed by atoms with E-state index in [-0.39, 0.29) is 11.6 Å². The Bertz CT molecular complexity index is 642. The van der Waals surface area contributed by atoms with Crippen LogP contribution in [0.25, 0.3) is 0 Å². The minimum atomic E-state index is -0.229. The normalized spacial score (nSPS) is 12.2. The summed E-state index contributed by atoms with van der Waals surface area (Å²) in [5.41, 5.74) is 6.24. The van der Waals surface area contributed by atoms with E-state index >= 15 is 0 Å². The van der Waals surface area contributed by atoms with E-state index < -0.39 is 0 Å². The molecule has 2 heterocycles. The Morgan fingerprint density at radius 2 is 2.20 bits per heavy atom. The van der Waals surface area contributed by atoms with Gasteiger partial charge in [0.05, 0.1) is 12.7 Å². The number of ether oxygens (including phenoxy) is 1. The van der Waals surface area contributed by atoms with E-state index in [1.807, 2.05) is 13.0 Å². The number of pyridine rings is 1. The summed E-state index contributed by atoms with van der Waals surface area (Å²) in [5, 5.41) is 4.08. The zero-order valence-electron chi connectivity index (χ0n) is 11.0. The van der Waals surface area contributed by atoms with Gasteiger partial charge in [-0.3, -0.25) is 9.78 Å². The molecule has 2 N–H and O–H groups in total. The third-order valence-electron chi connectivity index (χ3n) is 2.45. The van der Waals surface area contributed by atoms with E-state index in [1.165, 1.54) is 16.9 Å². The average molecular weight is 339 g/mol. The van der Waals surface area contributed by atoms with Crippen molar-refractivity contribution in [3.8, 4) is 5.75 Å². The molecule has 1 atom stereocenters. The monoisotopic (exact) mass is 338 g/mol. The summed E-state index contributed by atoms with van der Waals surface area (Å²) in [6, 6.07) is 3.20. The number of nitrogens with zero attached hydrogens (tertiary/aromatic N) is 3. The summed E-state index contributed by atoms with van der Waals surface area (Å²) in [6.07, 6.45) is 4.89. The molecule has 2 aromatic heterocycles. The molecule has 0 fully saturated rings. The maximum atomic E-state index is 11.9. The van der Waals surface area contributed by atoms with Crippen molar-refractivity contribution in [1.82, 2.24) is 14.8 Å². The van der Waals surface area contributed by atoms with Gasteiger partial charge in [-0.05, 0) is 34.5 Å².